The molecule has 0 bridgehead atoms. The Bertz CT molecular complexity index is 589. The Morgan fingerprint density at radius 2 is 1.90 bits per heavy atom. The molecule has 1 N–H and O–H groups in total. The molecule has 0 unspecified atom stereocenters. The highest BCUT2D eigenvalue weighted by atomic mass is 32.2. The summed E-state index contributed by atoms with van der Waals surface area (Å²) in [5.41, 5.74) is 1.05. The smallest absolute Gasteiger partial charge is 0.239 e. The Kier molecular flexibility index (Phi) is 4.94. The van der Waals surface area contributed by atoms with Crippen molar-refractivity contribution in [1.82, 2.24) is 4.31 Å². The average molecular weight is 298 g/mol. The first kappa shape index (κ1) is 16.7. The number of hydrogen-bond donors (Lipinski definition) is 1. The summed E-state index contributed by atoms with van der Waals surface area (Å²) in [7, 11) is -3.45. The number of amides is 1. The predicted octanol–water partition coefficient (Wildman–Crippen LogP) is 1.99. The minimum absolute atomic E-state index is 0.198. The summed E-state index contributed by atoms with van der Waals surface area (Å²) in [5, 5.41) is 2.71. The minimum Gasteiger partial charge on any atom is -0.325 e. The number of anilines is 1. The van der Waals surface area contributed by atoms with Crippen molar-refractivity contribution in [2.45, 2.75) is 33.2 Å². The van der Waals surface area contributed by atoms with E-state index in [2.05, 4.69) is 5.32 Å². The van der Waals surface area contributed by atoms with E-state index in [0.29, 0.717) is 5.69 Å². The van der Waals surface area contributed by atoms with Crippen LogP contribution in [-0.4, -0.2) is 37.0 Å². The van der Waals surface area contributed by atoms with E-state index in [9.17, 15) is 13.2 Å². The van der Waals surface area contributed by atoms with Gasteiger partial charge >= 0.3 is 0 Å². The number of benzene rings is 1. The number of nitrogens with zero attached hydrogens (tertiary/aromatic N) is 1. The maximum absolute atomic E-state index is 12.0. The Balaban J connectivity index is 2.83. The summed E-state index contributed by atoms with van der Waals surface area (Å²) in [6.07, 6.45) is 1.11. The normalized spacial score (nSPS) is 12.5. The van der Waals surface area contributed by atoms with Gasteiger partial charge in [-0.15, -0.1) is 0 Å². The van der Waals surface area contributed by atoms with E-state index < -0.39 is 15.6 Å². The van der Waals surface area contributed by atoms with Crippen LogP contribution < -0.4 is 5.32 Å². The summed E-state index contributed by atoms with van der Waals surface area (Å²) in [5.74, 6) is -0.351. The Labute approximate surface area is 121 Å². The molecule has 112 valence electrons. The largest absolute Gasteiger partial charge is 0.325 e. The monoisotopic (exact) mass is 298 g/mol. The number of hydrogen-bond acceptors (Lipinski definition) is 3. The van der Waals surface area contributed by atoms with Gasteiger partial charge in [0, 0.05) is 11.2 Å². The maximum Gasteiger partial charge on any atom is 0.239 e. The fourth-order valence-corrected chi connectivity index (χ4v) is 3.25. The molecule has 0 aliphatic rings. The van der Waals surface area contributed by atoms with E-state index in [0.717, 1.165) is 11.8 Å². The molecule has 6 heteroatoms. The van der Waals surface area contributed by atoms with E-state index in [1.54, 1.807) is 26.8 Å². The van der Waals surface area contributed by atoms with Crippen LogP contribution in [0.15, 0.2) is 24.3 Å². The molecule has 0 atom stereocenters. The number of sulfonamides is 1. The zero-order valence-corrected chi connectivity index (χ0v) is 13.4. The second kappa shape index (κ2) is 5.93. The number of aryl methyl sites for hydroxylation is 1. The number of carbonyl (C=O) groups excluding carboxylic acids is 1. The summed E-state index contributed by atoms with van der Waals surface area (Å²) in [6, 6.07) is 7.36. The van der Waals surface area contributed by atoms with Crippen molar-refractivity contribution in [2.75, 3.05) is 18.1 Å². The third kappa shape index (κ3) is 4.94. The van der Waals surface area contributed by atoms with Crippen molar-refractivity contribution >= 4 is 21.6 Å². The highest BCUT2D eigenvalue weighted by molar-refractivity contribution is 7.88. The molecule has 1 aromatic rings. The number of carbonyl (C=O) groups is 1. The summed E-state index contributed by atoms with van der Waals surface area (Å²) in [4.78, 5) is 12.0. The lowest BCUT2D eigenvalue weighted by Gasteiger charge is -2.32. The van der Waals surface area contributed by atoms with Crippen LogP contribution in [0.2, 0.25) is 0 Å². The Hall–Kier alpha value is -1.40. The van der Waals surface area contributed by atoms with Gasteiger partial charge in [-0.3, -0.25) is 4.79 Å². The second-order valence-corrected chi connectivity index (χ2v) is 7.76. The quantitative estimate of drug-likeness (QED) is 0.924. The third-order valence-electron chi connectivity index (χ3n) is 2.74. The molecule has 0 aromatic heterocycles. The molecule has 0 radical (unpaired) electrons. The lowest BCUT2D eigenvalue weighted by Crippen LogP contribution is -2.48. The van der Waals surface area contributed by atoms with Crippen LogP contribution in [0.4, 0.5) is 5.69 Å². The Morgan fingerprint density at radius 3 is 2.35 bits per heavy atom. The third-order valence-corrected chi connectivity index (χ3v) is 4.22. The summed E-state index contributed by atoms with van der Waals surface area (Å²) < 4.78 is 24.7. The molecule has 0 saturated carbocycles. The van der Waals surface area contributed by atoms with E-state index >= 15 is 0 Å². The fourth-order valence-electron chi connectivity index (χ4n) is 1.91. The molecular formula is C14H22N2O3S. The molecule has 20 heavy (non-hydrogen) atoms. The van der Waals surface area contributed by atoms with Crippen LogP contribution in [0, 0.1) is 6.92 Å². The van der Waals surface area contributed by atoms with E-state index in [1.165, 1.54) is 4.31 Å². The van der Waals surface area contributed by atoms with Gasteiger partial charge in [0.25, 0.3) is 0 Å². The number of nitrogens with one attached hydrogen (secondary N) is 1. The zero-order valence-electron chi connectivity index (χ0n) is 12.6. The predicted molar refractivity (Wildman–Crippen MR) is 81.1 cm³/mol. The standard InChI is InChI=1S/C14H22N2O3S/c1-11-7-6-8-12(9-11)15-13(17)10-16(14(2,3)4)20(5,18)19/h6-9H,10H2,1-5H3,(H,15,17). The molecule has 5 nitrogen and oxygen atoms in total. The van der Waals surface area contributed by atoms with Crippen LogP contribution in [0.5, 0.6) is 0 Å². The first-order valence-electron chi connectivity index (χ1n) is 6.34. The SMILES string of the molecule is Cc1cccc(NC(=O)CN(C(C)(C)C)S(C)(=O)=O)c1. The van der Waals surface area contributed by atoms with Gasteiger partial charge in [-0.05, 0) is 45.4 Å². The highest BCUT2D eigenvalue weighted by Gasteiger charge is 2.31. The van der Waals surface area contributed by atoms with Gasteiger partial charge in [-0.2, -0.15) is 4.31 Å². The molecule has 0 saturated heterocycles. The van der Waals surface area contributed by atoms with Gasteiger partial charge in [-0.1, -0.05) is 12.1 Å². The highest BCUT2D eigenvalue weighted by Crippen LogP contribution is 2.17. The van der Waals surface area contributed by atoms with Crippen LogP contribution in [-0.2, 0) is 14.8 Å². The van der Waals surface area contributed by atoms with Crippen LogP contribution in [0.25, 0.3) is 0 Å². The first-order chi connectivity index (χ1) is 9.00. The molecule has 0 aliphatic carbocycles. The van der Waals surface area contributed by atoms with Crippen molar-refractivity contribution in [3.63, 3.8) is 0 Å². The Morgan fingerprint density at radius 1 is 1.30 bits per heavy atom. The van der Waals surface area contributed by atoms with Crippen LogP contribution in [0.1, 0.15) is 26.3 Å². The molecule has 1 aromatic carbocycles. The average Bonchev–Trinajstić information content (AvgIpc) is 2.22. The topological polar surface area (TPSA) is 66.5 Å². The summed E-state index contributed by atoms with van der Waals surface area (Å²) in [6.45, 7) is 7.00. The van der Waals surface area contributed by atoms with Gasteiger partial charge in [0.15, 0.2) is 0 Å². The number of rotatable bonds is 4. The van der Waals surface area contributed by atoms with E-state index in [4.69, 9.17) is 0 Å². The van der Waals surface area contributed by atoms with Crippen molar-refractivity contribution in [3.05, 3.63) is 29.8 Å². The zero-order chi connectivity index (χ0) is 15.6. The van der Waals surface area contributed by atoms with Crippen molar-refractivity contribution in [3.8, 4) is 0 Å². The van der Waals surface area contributed by atoms with Crippen molar-refractivity contribution < 1.29 is 13.2 Å². The van der Waals surface area contributed by atoms with Gasteiger partial charge in [0.2, 0.25) is 15.9 Å². The lowest BCUT2D eigenvalue weighted by molar-refractivity contribution is -0.117. The van der Waals surface area contributed by atoms with Gasteiger partial charge < -0.3 is 5.32 Å². The molecule has 1 amide bonds. The molecule has 1 rings (SSSR count). The summed E-state index contributed by atoms with van der Waals surface area (Å²) >= 11 is 0. The van der Waals surface area contributed by atoms with E-state index in [1.807, 2.05) is 25.1 Å². The van der Waals surface area contributed by atoms with E-state index in [-0.39, 0.29) is 12.5 Å². The van der Waals surface area contributed by atoms with Crippen LogP contribution in [0.3, 0.4) is 0 Å². The maximum atomic E-state index is 12.0. The lowest BCUT2D eigenvalue weighted by atomic mass is 10.1. The first-order valence-corrected chi connectivity index (χ1v) is 8.19. The molecule has 0 heterocycles. The van der Waals surface area contributed by atoms with Crippen LogP contribution >= 0.6 is 0 Å². The molecule has 0 spiro atoms. The molecule has 0 fully saturated rings. The molecule has 0 aliphatic heterocycles. The van der Waals surface area contributed by atoms with Gasteiger partial charge in [0.05, 0.1) is 12.8 Å². The second-order valence-electron chi connectivity index (χ2n) is 5.86. The van der Waals surface area contributed by atoms with Crippen molar-refractivity contribution in [2.24, 2.45) is 0 Å². The minimum atomic E-state index is -3.45. The molecular weight excluding hydrogens is 276 g/mol. The van der Waals surface area contributed by atoms with Crippen molar-refractivity contribution in [1.29, 1.82) is 0 Å². The van der Waals surface area contributed by atoms with Gasteiger partial charge in [0.1, 0.15) is 0 Å². The fraction of sp³-hybridized carbons (Fsp3) is 0.500. The van der Waals surface area contributed by atoms with Gasteiger partial charge in [-0.25, -0.2) is 8.42 Å².